The van der Waals surface area contributed by atoms with Crippen LogP contribution in [0.4, 0.5) is 24.7 Å². The maximum absolute atomic E-state index is 12.3. The Labute approximate surface area is 180 Å². The number of nitrogens with zero attached hydrogens (tertiary/aromatic N) is 4. The van der Waals surface area contributed by atoms with Crippen molar-refractivity contribution in [3.05, 3.63) is 40.7 Å². The third-order valence-corrected chi connectivity index (χ3v) is 4.64. The molecule has 172 valence electrons. The summed E-state index contributed by atoms with van der Waals surface area (Å²) in [6.45, 7) is 2.67. The minimum absolute atomic E-state index is 0.0216. The van der Waals surface area contributed by atoms with Crippen molar-refractivity contribution in [1.82, 2.24) is 9.97 Å². The maximum atomic E-state index is 12.3. The number of alkyl halides is 3. The molecule has 0 bridgehead atoms. The first kappa shape index (κ1) is 23.0. The summed E-state index contributed by atoms with van der Waals surface area (Å²) in [4.78, 5) is 32.4. The van der Waals surface area contributed by atoms with Crippen LogP contribution in [0.3, 0.4) is 0 Å². The van der Waals surface area contributed by atoms with E-state index in [4.69, 9.17) is 9.47 Å². The van der Waals surface area contributed by atoms with Crippen LogP contribution in [0.5, 0.6) is 17.4 Å². The molecule has 1 aromatic carbocycles. The van der Waals surface area contributed by atoms with Crippen LogP contribution in [0.1, 0.15) is 19.8 Å². The van der Waals surface area contributed by atoms with Gasteiger partial charge < -0.3 is 19.1 Å². The van der Waals surface area contributed by atoms with E-state index in [9.17, 15) is 28.1 Å². The quantitative estimate of drug-likeness (QED) is 0.348. The highest BCUT2D eigenvalue weighted by molar-refractivity contribution is 5.73. The molecule has 13 heteroatoms. The number of hydrogen-bond acceptors (Lipinski definition) is 9. The molecule has 0 aliphatic carbocycles. The van der Waals surface area contributed by atoms with Crippen LogP contribution in [0.15, 0.2) is 30.6 Å². The number of ether oxygens (including phenoxy) is 3. The van der Waals surface area contributed by atoms with Crippen molar-refractivity contribution in [2.24, 2.45) is 5.92 Å². The number of benzene rings is 1. The zero-order valence-corrected chi connectivity index (χ0v) is 16.9. The van der Waals surface area contributed by atoms with Crippen molar-refractivity contribution >= 4 is 17.5 Å². The fraction of sp³-hybridized carbons (Fsp3) is 0.421. The van der Waals surface area contributed by atoms with E-state index in [1.807, 2.05) is 0 Å². The number of carbonyl (C=O) groups is 1. The van der Waals surface area contributed by atoms with Gasteiger partial charge in [0.1, 0.15) is 17.8 Å². The van der Waals surface area contributed by atoms with E-state index in [0.717, 1.165) is 30.6 Å². The predicted molar refractivity (Wildman–Crippen MR) is 103 cm³/mol. The Morgan fingerprint density at radius 2 is 1.81 bits per heavy atom. The van der Waals surface area contributed by atoms with E-state index in [-0.39, 0.29) is 35.9 Å². The van der Waals surface area contributed by atoms with E-state index >= 15 is 0 Å². The smallest absolute Gasteiger partial charge is 0.466 e. The third-order valence-electron chi connectivity index (χ3n) is 4.64. The molecule has 10 nitrogen and oxygen atoms in total. The molecular weight excluding hydrogens is 437 g/mol. The molecule has 0 N–H and O–H groups in total. The molecular formula is C19H19F3N4O6. The Morgan fingerprint density at radius 3 is 2.38 bits per heavy atom. The van der Waals surface area contributed by atoms with E-state index in [1.54, 1.807) is 11.8 Å². The lowest BCUT2D eigenvalue weighted by molar-refractivity contribution is -0.385. The number of rotatable bonds is 7. The molecule has 2 aromatic rings. The molecule has 0 unspecified atom stereocenters. The van der Waals surface area contributed by atoms with E-state index < -0.39 is 22.7 Å². The van der Waals surface area contributed by atoms with Crippen LogP contribution < -0.4 is 14.4 Å². The number of carbonyl (C=O) groups excluding carboxylic acids is 1. The fourth-order valence-corrected chi connectivity index (χ4v) is 3.23. The molecule has 0 radical (unpaired) electrons. The molecule has 1 saturated heterocycles. The van der Waals surface area contributed by atoms with Crippen LogP contribution in [-0.2, 0) is 9.53 Å². The second-order valence-corrected chi connectivity index (χ2v) is 6.74. The Morgan fingerprint density at radius 1 is 1.19 bits per heavy atom. The van der Waals surface area contributed by atoms with Gasteiger partial charge >= 0.3 is 23.9 Å². The number of hydrogen-bond donors (Lipinski definition) is 0. The summed E-state index contributed by atoms with van der Waals surface area (Å²) in [5.74, 6) is -1.37. The molecule has 1 aromatic heterocycles. The van der Waals surface area contributed by atoms with Crippen molar-refractivity contribution in [3.63, 3.8) is 0 Å². The van der Waals surface area contributed by atoms with Gasteiger partial charge in [0.05, 0.1) is 17.4 Å². The van der Waals surface area contributed by atoms with Gasteiger partial charge in [0, 0.05) is 13.1 Å². The monoisotopic (exact) mass is 456 g/mol. The lowest BCUT2D eigenvalue weighted by Crippen LogP contribution is -2.37. The summed E-state index contributed by atoms with van der Waals surface area (Å²) in [6, 6.07) is 4.35. The van der Waals surface area contributed by atoms with Crippen LogP contribution in [-0.4, -0.2) is 46.9 Å². The van der Waals surface area contributed by atoms with Gasteiger partial charge in [-0.15, -0.1) is 13.2 Å². The first-order valence-electron chi connectivity index (χ1n) is 9.62. The lowest BCUT2D eigenvalue weighted by atomic mass is 9.97. The average molecular weight is 456 g/mol. The second-order valence-electron chi connectivity index (χ2n) is 6.74. The predicted octanol–water partition coefficient (Wildman–Crippen LogP) is 3.86. The molecule has 0 saturated carbocycles. The average Bonchev–Trinajstić information content (AvgIpc) is 2.74. The number of esters is 1. The van der Waals surface area contributed by atoms with Crippen LogP contribution >= 0.6 is 0 Å². The second kappa shape index (κ2) is 9.66. The first-order valence-corrected chi connectivity index (χ1v) is 9.62. The summed E-state index contributed by atoms with van der Waals surface area (Å²) in [5, 5.41) is 11.7. The third kappa shape index (κ3) is 5.74. The Balaban J connectivity index is 1.77. The van der Waals surface area contributed by atoms with Crippen molar-refractivity contribution in [3.8, 4) is 17.4 Å². The number of halogens is 3. The zero-order valence-electron chi connectivity index (χ0n) is 16.9. The normalized spacial score (nSPS) is 14.7. The van der Waals surface area contributed by atoms with Gasteiger partial charge in [-0.25, -0.2) is 4.98 Å². The van der Waals surface area contributed by atoms with Gasteiger partial charge in [-0.2, -0.15) is 4.98 Å². The highest BCUT2D eigenvalue weighted by atomic mass is 19.4. The topological polar surface area (TPSA) is 117 Å². The van der Waals surface area contributed by atoms with Crippen molar-refractivity contribution in [2.75, 3.05) is 24.6 Å². The minimum atomic E-state index is -4.84. The Kier molecular flexibility index (Phi) is 6.95. The minimum Gasteiger partial charge on any atom is -0.466 e. The van der Waals surface area contributed by atoms with Crippen molar-refractivity contribution in [1.29, 1.82) is 0 Å². The fourth-order valence-electron chi connectivity index (χ4n) is 3.23. The van der Waals surface area contributed by atoms with Gasteiger partial charge in [0.15, 0.2) is 0 Å². The first-order chi connectivity index (χ1) is 15.2. The molecule has 1 fully saturated rings. The molecule has 1 aliphatic rings. The molecule has 1 aliphatic heterocycles. The zero-order chi connectivity index (χ0) is 23.3. The number of anilines is 1. The van der Waals surface area contributed by atoms with Gasteiger partial charge in [0.2, 0.25) is 5.82 Å². The summed E-state index contributed by atoms with van der Waals surface area (Å²) in [6.07, 6.45) is -2.87. The van der Waals surface area contributed by atoms with Crippen molar-refractivity contribution in [2.45, 2.75) is 26.1 Å². The SMILES string of the molecule is CCOC(=O)C1CCN(c2ncnc(Oc3ccc(OC(F)(F)F)cc3)c2[N+](=O)[O-])CC1. The van der Waals surface area contributed by atoms with Crippen LogP contribution in [0, 0.1) is 16.0 Å². The largest absolute Gasteiger partial charge is 0.573 e. The highest BCUT2D eigenvalue weighted by Crippen LogP contribution is 2.38. The molecule has 3 rings (SSSR count). The number of piperidine rings is 1. The highest BCUT2D eigenvalue weighted by Gasteiger charge is 2.33. The summed E-state index contributed by atoms with van der Waals surface area (Å²) < 4.78 is 51.1. The molecule has 32 heavy (non-hydrogen) atoms. The van der Waals surface area contributed by atoms with E-state index in [0.29, 0.717) is 25.9 Å². The van der Waals surface area contributed by atoms with Gasteiger partial charge in [-0.1, -0.05) is 0 Å². The molecule has 0 atom stereocenters. The van der Waals surface area contributed by atoms with Gasteiger partial charge in [0.25, 0.3) is 0 Å². The number of nitro groups is 1. The lowest BCUT2D eigenvalue weighted by Gasteiger charge is -2.31. The van der Waals surface area contributed by atoms with E-state index in [1.165, 1.54) is 0 Å². The molecule has 0 spiro atoms. The summed E-state index contributed by atoms with van der Waals surface area (Å²) in [5.41, 5.74) is -0.488. The Bertz CT molecular complexity index is 963. The Hall–Kier alpha value is -3.64. The maximum Gasteiger partial charge on any atom is 0.573 e. The van der Waals surface area contributed by atoms with E-state index in [2.05, 4.69) is 14.7 Å². The molecule has 2 heterocycles. The molecule has 0 amide bonds. The summed E-state index contributed by atoms with van der Waals surface area (Å²) in [7, 11) is 0. The van der Waals surface area contributed by atoms with Crippen LogP contribution in [0.25, 0.3) is 0 Å². The van der Waals surface area contributed by atoms with Crippen LogP contribution in [0.2, 0.25) is 0 Å². The van der Waals surface area contributed by atoms with Gasteiger partial charge in [-0.3, -0.25) is 14.9 Å². The van der Waals surface area contributed by atoms with Gasteiger partial charge in [-0.05, 0) is 44.0 Å². The standard InChI is InChI=1S/C19H19F3N4O6/c1-2-30-18(27)12-7-9-25(10-8-12)16-15(26(28)29)17(24-11-23-16)31-13-3-5-14(6-4-13)32-19(20,21)22/h3-6,11-12H,2,7-10H2,1H3. The van der Waals surface area contributed by atoms with Crippen molar-refractivity contribution < 1.29 is 37.1 Å². The number of aromatic nitrogens is 2. The summed E-state index contributed by atoms with van der Waals surface area (Å²) >= 11 is 0.